The van der Waals surface area contributed by atoms with E-state index in [9.17, 15) is 19.0 Å². The second kappa shape index (κ2) is 63.7. The maximum Gasteiger partial charge on any atom is 0.472 e. The van der Waals surface area contributed by atoms with Gasteiger partial charge in [-0.25, -0.2) is 4.57 Å². The second-order valence-electron chi connectivity index (χ2n) is 25.8. The molecule has 9 nitrogen and oxygen atoms in total. The van der Waals surface area contributed by atoms with Crippen LogP contribution in [0.1, 0.15) is 348 Å². The van der Waals surface area contributed by atoms with Crippen molar-refractivity contribution in [1.29, 1.82) is 0 Å². The predicted octanol–water partition coefficient (Wildman–Crippen LogP) is 23.0. The third-order valence-electron chi connectivity index (χ3n) is 16.2. The zero-order valence-electron chi connectivity index (χ0n) is 56.4. The van der Waals surface area contributed by atoms with Crippen LogP contribution in [0.25, 0.3) is 0 Å². The first-order chi connectivity index (χ1) is 40.9. The van der Waals surface area contributed by atoms with E-state index in [2.05, 4.69) is 74.7 Å². The van der Waals surface area contributed by atoms with E-state index in [-0.39, 0.29) is 31.5 Å². The molecule has 0 heterocycles. The van der Waals surface area contributed by atoms with Crippen molar-refractivity contribution >= 4 is 19.7 Å². The molecule has 1 amide bonds. The largest absolute Gasteiger partial charge is 0.472 e. The molecular weight excluding hydrogens is 1060 g/mol. The number of hydrogen-bond donors (Lipinski definition) is 2. The van der Waals surface area contributed by atoms with Crippen LogP contribution in [0.15, 0.2) is 60.8 Å². The lowest BCUT2D eigenvalue weighted by Gasteiger charge is -2.27. The lowest BCUT2D eigenvalue weighted by molar-refractivity contribution is -0.870. The molecule has 0 saturated carbocycles. The van der Waals surface area contributed by atoms with E-state index in [4.69, 9.17) is 13.8 Å². The minimum absolute atomic E-state index is 0.0392. The van der Waals surface area contributed by atoms with E-state index in [1.165, 1.54) is 231 Å². The standard InChI is InChI=1S/C74H139N2O7P/c1-7-10-13-16-19-22-25-28-30-32-34-36-37-38-39-41-42-44-46-48-51-54-57-60-63-66-73(77)75-71(70-82-84(79,80)81-69-68-76(4,5)6)72(65-62-59-56-53-50-27-24-21-18-15-12-9-3)83-74(78)67-64-61-58-55-52-49-47-45-43-40-35-33-31-29-26-23-20-17-14-11-8-2/h20,23,28-31,35,40,62,65,71-72H,7-19,21-22,24-27,32-34,36-39,41-61,63-64,66-70H2,1-6H3,(H-,75,77,79,80)/p+1/b23-20-,30-28+,31-29-,40-35-,65-62-. The smallest absolute Gasteiger partial charge is 0.456 e. The van der Waals surface area contributed by atoms with Gasteiger partial charge >= 0.3 is 13.8 Å². The van der Waals surface area contributed by atoms with Gasteiger partial charge in [-0.1, -0.05) is 300 Å². The minimum atomic E-state index is -4.46. The molecule has 0 saturated heterocycles. The minimum Gasteiger partial charge on any atom is -0.456 e. The molecule has 0 bridgehead atoms. The number of unbranched alkanes of at least 4 members (excludes halogenated alkanes) is 42. The Morgan fingerprint density at radius 3 is 1.12 bits per heavy atom. The highest BCUT2D eigenvalue weighted by Crippen LogP contribution is 2.43. The van der Waals surface area contributed by atoms with Crippen molar-refractivity contribution < 1.29 is 37.3 Å². The van der Waals surface area contributed by atoms with Crippen molar-refractivity contribution in [3.8, 4) is 0 Å². The number of hydrogen-bond acceptors (Lipinski definition) is 6. The number of phosphoric ester groups is 1. The molecule has 0 fully saturated rings. The van der Waals surface area contributed by atoms with Crippen LogP contribution in [-0.4, -0.2) is 74.3 Å². The van der Waals surface area contributed by atoms with E-state index >= 15 is 0 Å². The average molecular weight is 1200 g/mol. The van der Waals surface area contributed by atoms with Crippen molar-refractivity contribution in [3.05, 3.63) is 60.8 Å². The topological polar surface area (TPSA) is 111 Å². The SMILES string of the molecule is CCCCC/C=C\C/C=C\C/C=C\CCCCCCCCCCC(=O)OC(/C=C\CCCCCCCCCCCC)C(COP(=O)(O)OCC[N+](C)(C)C)NC(=O)CCCCCCCCCCCCCCCCC/C=C/CCCCCCCC. The molecule has 0 radical (unpaired) electrons. The number of nitrogens with zero attached hydrogens (tertiary/aromatic N) is 1. The first kappa shape index (κ1) is 81.7. The van der Waals surface area contributed by atoms with Gasteiger partial charge in [-0.2, -0.15) is 0 Å². The fourth-order valence-electron chi connectivity index (χ4n) is 10.6. The maximum atomic E-state index is 13.6. The molecule has 3 atom stereocenters. The van der Waals surface area contributed by atoms with Gasteiger partial charge in [-0.15, -0.1) is 0 Å². The number of likely N-dealkylation sites (N-methyl/N-ethyl adjacent to an activating group) is 1. The van der Waals surface area contributed by atoms with Gasteiger partial charge in [0.1, 0.15) is 19.3 Å². The van der Waals surface area contributed by atoms with Gasteiger partial charge in [0.2, 0.25) is 5.91 Å². The summed E-state index contributed by atoms with van der Waals surface area (Å²) in [5.41, 5.74) is 0. The molecule has 0 aliphatic carbocycles. The Kier molecular flexibility index (Phi) is 62.0. The molecular formula is C74H140N2O7P+. The fraction of sp³-hybridized carbons (Fsp3) is 0.838. The quantitative estimate of drug-likeness (QED) is 0.0205. The molecule has 10 heteroatoms. The van der Waals surface area contributed by atoms with Gasteiger partial charge < -0.3 is 19.4 Å². The third kappa shape index (κ3) is 64.2. The van der Waals surface area contributed by atoms with Gasteiger partial charge in [-0.05, 0) is 96.0 Å². The van der Waals surface area contributed by atoms with Crippen LogP contribution < -0.4 is 5.32 Å². The Morgan fingerprint density at radius 2 is 0.726 bits per heavy atom. The van der Waals surface area contributed by atoms with Crippen LogP contribution in [0.3, 0.4) is 0 Å². The molecule has 0 spiro atoms. The molecule has 0 aliphatic heterocycles. The number of quaternary nitrogens is 1. The molecule has 0 aliphatic rings. The van der Waals surface area contributed by atoms with E-state index in [1.54, 1.807) is 0 Å². The van der Waals surface area contributed by atoms with E-state index in [0.29, 0.717) is 17.4 Å². The lowest BCUT2D eigenvalue weighted by atomic mass is 10.0. The van der Waals surface area contributed by atoms with Crippen molar-refractivity contribution in [2.24, 2.45) is 0 Å². The summed E-state index contributed by atoms with van der Waals surface area (Å²) in [6, 6.07) is -0.852. The van der Waals surface area contributed by atoms with E-state index < -0.39 is 20.0 Å². The maximum absolute atomic E-state index is 13.6. The van der Waals surface area contributed by atoms with E-state index in [0.717, 1.165) is 83.5 Å². The molecule has 84 heavy (non-hydrogen) atoms. The van der Waals surface area contributed by atoms with Crippen molar-refractivity contribution in [1.82, 2.24) is 5.32 Å². The second-order valence-corrected chi connectivity index (χ2v) is 27.2. The molecule has 0 rings (SSSR count). The summed E-state index contributed by atoms with van der Waals surface area (Å²) in [4.78, 5) is 37.9. The molecule has 492 valence electrons. The monoisotopic (exact) mass is 1200 g/mol. The van der Waals surface area contributed by atoms with E-state index in [1.807, 2.05) is 33.3 Å². The zero-order chi connectivity index (χ0) is 61.4. The first-order valence-electron chi connectivity index (χ1n) is 36.1. The normalized spacial score (nSPS) is 13.8. The van der Waals surface area contributed by atoms with Crippen LogP contribution in [0.5, 0.6) is 0 Å². The Hall–Kier alpha value is -2.29. The highest BCUT2D eigenvalue weighted by molar-refractivity contribution is 7.47. The Balaban J connectivity index is 5.05. The van der Waals surface area contributed by atoms with Crippen molar-refractivity contribution in [2.75, 3.05) is 40.9 Å². The molecule has 0 aromatic heterocycles. The van der Waals surface area contributed by atoms with Crippen LogP contribution in [0.2, 0.25) is 0 Å². The predicted molar refractivity (Wildman–Crippen MR) is 365 cm³/mol. The number of carbonyl (C=O) groups excluding carboxylic acids is 2. The zero-order valence-corrected chi connectivity index (χ0v) is 57.3. The number of ether oxygens (including phenoxy) is 1. The third-order valence-corrected chi connectivity index (χ3v) is 17.2. The highest BCUT2D eigenvalue weighted by atomic mass is 31.2. The average Bonchev–Trinajstić information content (AvgIpc) is 3.65. The Bertz CT molecular complexity index is 1620. The van der Waals surface area contributed by atoms with Gasteiger partial charge in [0.15, 0.2) is 0 Å². The summed E-state index contributed by atoms with van der Waals surface area (Å²) in [5, 5.41) is 3.07. The summed E-state index contributed by atoms with van der Waals surface area (Å²) in [7, 11) is 1.50. The summed E-state index contributed by atoms with van der Waals surface area (Å²) in [6.07, 6.45) is 82.3. The Labute approximate surface area is 521 Å². The van der Waals surface area contributed by atoms with Crippen LogP contribution in [0, 0.1) is 0 Å². The van der Waals surface area contributed by atoms with Crippen molar-refractivity contribution in [3.63, 3.8) is 0 Å². The summed E-state index contributed by atoms with van der Waals surface area (Å²) >= 11 is 0. The summed E-state index contributed by atoms with van der Waals surface area (Å²) < 4.78 is 30.8. The number of phosphoric acid groups is 1. The number of nitrogens with one attached hydrogen (secondary N) is 1. The van der Waals surface area contributed by atoms with Crippen LogP contribution in [-0.2, 0) is 27.9 Å². The number of carbonyl (C=O) groups is 2. The summed E-state index contributed by atoms with van der Waals surface area (Å²) in [6.45, 7) is 7.02. The lowest BCUT2D eigenvalue weighted by Crippen LogP contribution is -2.47. The van der Waals surface area contributed by atoms with Gasteiger partial charge in [0.05, 0.1) is 33.8 Å². The first-order valence-corrected chi connectivity index (χ1v) is 37.6. The molecule has 2 N–H and O–H groups in total. The van der Waals surface area contributed by atoms with Gasteiger partial charge in [0.25, 0.3) is 0 Å². The Morgan fingerprint density at radius 1 is 0.417 bits per heavy atom. The number of esters is 1. The molecule has 3 unspecified atom stereocenters. The van der Waals surface area contributed by atoms with Crippen molar-refractivity contribution in [2.45, 2.75) is 360 Å². The number of amides is 1. The highest BCUT2D eigenvalue weighted by Gasteiger charge is 2.30. The fourth-order valence-corrected chi connectivity index (χ4v) is 11.3. The van der Waals surface area contributed by atoms with Crippen LogP contribution in [0.4, 0.5) is 0 Å². The van der Waals surface area contributed by atoms with Gasteiger partial charge in [-0.3, -0.25) is 18.6 Å². The molecule has 0 aromatic rings. The number of rotatable bonds is 66. The molecule has 0 aromatic carbocycles. The number of allylic oxidation sites excluding steroid dienone is 9. The van der Waals surface area contributed by atoms with Gasteiger partial charge in [0, 0.05) is 12.8 Å². The van der Waals surface area contributed by atoms with Crippen LogP contribution >= 0.6 is 7.82 Å². The summed E-state index contributed by atoms with van der Waals surface area (Å²) in [5.74, 6) is -0.500.